The number of ether oxygens (including phenoxy) is 2. The second kappa shape index (κ2) is 4.56. The molecular weight excluding hydrogens is 204 g/mol. The predicted molar refractivity (Wildman–Crippen MR) is 60.5 cm³/mol. The average Bonchev–Trinajstić information content (AvgIpc) is 2.36. The zero-order valence-electron chi connectivity index (χ0n) is 9.66. The minimum atomic E-state index is -0.0959. The van der Waals surface area contributed by atoms with Crippen molar-refractivity contribution in [3.05, 3.63) is 29.3 Å². The van der Waals surface area contributed by atoms with Gasteiger partial charge in [0.2, 0.25) is 0 Å². The van der Waals surface area contributed by atoms with Crippen molar-refractivity contribution >= 4 is 5.97 Å². The van der Waals surface area contributed by atoms with Crippen molar-refractivity contribution in [3.63, 3.8) is 0 Å². The van der Waals surface area contributed by atoms with E-state index in [9.17, 15) is 4.79 Å². The van der Waals surface area contributed by atoms with Crippen LogP contribution in [-0.4, -0.2) is 20.2 Å². The van der Waals surface area contributed by atoms with Crippen LogP contribution in [-0.2, 0) is 22.4 Å². The van der Waals surface area contributed by atoms with Gasteiger partial charge < -0.3 is 9.47 Å². The summed E-state index contributed by atoms with van der Waals surface area (Å²) in [6.45, 7) is 0. The second-order valence-corrected chi connectivity index (χ2v) is 4.10. The van der Waals surface area contributed by atoms with Crippen LogP contribution in [0.1, 0.15) is 17.5 Å². The van der Waals surface area contributed by atoms with Crippen LogP contribution in [0.2, 0.25) is 0 Å². The molecule has 3 heteroatoms. The van der Waals surface area contributed by atoms with Gasteiger partial charge in [-0.25, -0.2) is 0 Å². The van der Waals surface area contributed by atoms with E-state index < -0.39 is 0 Å². The van der Waals surface area contributed by atoms with E-state index in [1.165, 1.54) is 18.2 Å². The molecule has 0 aromatic heterocycles. The van der Waals surface area contributed by atoms with E-state index in [-0.39, 0.29) is 11.9 Å². The van der Waals surface area contributed by atoms with Crippen molar-refractivity contribution in [3.8, 4) is 5.75 Å². The molecular formula is C13H16O3. The first-order valence-electron chi connectivity index (χ1n) is 5.48. The maximum Gasteiger partial charge on any atom is 0.309 e. The number of rotatable bonds is 2. The van der Waals surface area contributed by atoms with E-state index in [1.54, 1.807) is 7.11 Å². The van der Waals surface area contributed by atoms with Crippen LogP contribution in [0.4, 0.5) is 0 Å². The minimum Gasteiger partial charge on any atom is -0.497 e. The molecule has 1 aromatic rings. The third-order valence-corrected chi connectivity index (χ3v) is 3.18. The fraction of sp³-hybridized carbons (Fsp3) is 0.462. The Balaban J connectivity index is 2.18. The predicted octanol–water partition coefficient (Wildman–Crippen LogP) is 1.97. The van der Waals surface area contributed by atoms with Crippen molar-refractivity contribution in [1.29, 1.82) is 0 Å². The quantitative estimate of drug-likeness (QED) is 0.715. The number of methoxy groups -OCH3 is 2. The normalized spacial score (nSPS) is 18.8. The lowest BCUT2D eigenvalue weighted by atomic mass is 9.84. The standard InChI is InChI=1S/C13H16O3/c1-15-12-6-5-9-7-11(13(14)16-2)4-3-10(9)8-12/h5-6,8,11H,3-4,7H2,1-2H3/t11-/m1/s1. The lowest BCUT2D eigenvalue weighted by Crippen LogP contribution is -2.23. The molecule has 1 aromatic carbocycles. The van der Waals surface area contributed by atoms with Crippen molar-refractivity contribution in [2.45, 2.75) is 19.3 Å². The molecule has 0 radical (unpaired) electrons. The number of hydrogen-bond donors (Lipinski definition) is 0. The zero-order chi connectivity index (χ0) is 11.5. The number of carbonyl (C=O) groups excluding carboxylic acids is 1. The van der Waals surface area contributed by atoms with E-state index in [2.05, 4.69) is 6.07 Å². The van der Waals surface area contributed by atoms with E-state index in [1.807, 2.05) is 12.1 Å². The highest BCUT2D eigenvalue weighted by Gasteiger charge is 2.25. The Morgan fingerprint density at radius 1 is 1.31 bits per heavy atom. The summed E-state index contributed by atoms with van der Waals surface area (Å²) in [5, 5.41) is 0. The first kappa shape index (κ1) is 11.0. The van der Waals surface area contributed by atoms with E-state index in [0.29, 0.717) is 0 Å². The van der Waals surface area contributed by atoms with Gasteiger partial charge in [0.05, 0.1) is 20.1 Å². The Morgan fingerprint density at radius 3 is 2.81 bits per heavy atom. The molecule has 0 saturated heterocycles. The van der Waals surface area contributed by atoms with E-state index >= 15 is 0 Å². The van der Waals surface area contributed by atoms with Gasteiger partial charge in [0.25, 0.3) is 0 Å². The molecule has 16 heavy (non-hydrogen) atoms. The van der Waals surface area contributed by atoms with Gasteiger partial charge in [0.15, 0.2) is 0 Å². The third-order valence-electron chi connectivity index (χ3n) is 3.18. The molecule has 1 atom stereocenters. The number of aryl methyl sites for hydroxylation is 1. The van der Waals surface area contributed by atoms with Gasteiger partial charge >= 0.3 is 5.97 Å². The van der Waals surface area contributed by atoms with Crippen molar-refractivity contribution in [2.75, 3.05) is 14.2 Å². The van der Waals surface area contributed by atoms with Crippen LogP contribution in [0.15, 0.2) is 18.2 Å². The van der Waals surface area contributed by atoms with Crippen molar-refractivity contribution in [1.82, 2.24) is 0 Å². The Bertz CT molecular complexity index is 398. The lowest BCUT2D eigenvalue weighted by Gasteiger charge is -2.22. The first-order valence-corrected chi connectivity index (χ1v) is 5.48. The lowest BCUT2D eigenvalue weighted by molar-refractivity contribution is -0.145. The molecule has 0 saturated carbocycles. The molecule has 0 unspecified atom stereocenters. The fourth-order valence-electron chi connectivity index (χ4n) is 2.23. The van der Waals surface area contributed by atoms with Crippen LogP contribution < -0.4 is 4.74 Å². The fourth-order valence-corrected chi connectivity index (χ4v) is 2.23. The molecule has 0 fully saturated rings. The third kappa shape index (κ3) is 2.03. The number of esters is 1. The van der Waals surface area contributed by atoms with Gasteiger partial charge in [-0.3, -0.25) is 4.79 Å². The molecule has 0 bridgehead atoms. The molecule has 0 N–H and O–H groups in total. The molecule has 3 nitrogen and oxygen atoms in total. The summed E-state index contributed by atoms with van der Waals surface area (Å²) < 4.78 is 9.97. The van der Waals surface area contributed by atoms with E-state index in [4.69, 9.17) is 9.47 Å². The summed E-state index contributed by atoms with van der Waals surface area (Å²) in [7, 11) is 3.12. The number of carbonyl (C=O) groups is 1. The number of fused-ring (bicyclic) bond motifs is 1. The molecule has 2 rings (SSSR count). The summed E-state index contributed by atoms with van der Waals surface area (Å²) >= 11 is 0. The Morgan fingerprint density at radius 2 is 2.12 bits per heavy atom. The van der Waals surface area contributed by atoms with E-state index in [0.717, 1.165) is 25.0 Å². The van der Waals surface area contributed by atoms with Gasteiger partial charge in [0.1, 0.15) is 5.75 Å². The summed E-state index contributed by atoms with van der Waals surface area (Å²) in [6, 6.07) is 6.05. The summed E-state index contributed by atoms with van der Waals surface area (Å²) in [4.78, 5) is 11.5. The van der Waals surface area contributed by atoms with Gasteiger partial charge in [0, 0.05) is 0 Å². The Labute approximate surface area is 95.4 Å². The highest BCUT2D eigenvalue weighted by Crippen LogP contribution is 2.29. The van der Waals surface area contributed by atoms with Crippen LogP contribution in [0.25, 0.3) is 0 Å². The van der Waals surface area contributed by atoms with Gasteiger partial charge in [-0.2, -0.15) is 0 Å². The highest BCUT2D eigenvalue weighted by molar-refractivity contribution is 5.73. The van der Waals surface area contributed by atoms with Gasteiger partial charge in [-0.05, 0) is 42.5 Å². The first-order chi connectivity index (χ1) is 7.74. The Kier molecular flexibility index (Phi) is 3.13. The molecule has 0 heterocycles. The van der Waals surface area contributed by atoms with Crippen molar-refractivity contribution in [2.24, 2.45) is 5.92 Å². The monoisotopic (exact) mass is 220 g/mol. The summed E-state index contributed by atoms with van der Waals surface area (Å²) in [5.74, 6) is 0.808. The maximum absolute atomic E-state index is 11.5. The van der Waals surface area contributed by atoms with Crippen LogP contribution in [0, 0.1) is 5.92 Å². The summed E-state index contributed by atoms with van der Waals surface area (Å²) in [6.07, 6.45) is 2.57. The number of hydrogen-bond acceptors (Lipinski definition) is 3. The van der Waals surface area contributed by atoms with Crippen LogP contribution in [0.5, 0.6) is 5.75 Å². The Hall–Kier alpha value is -1.51. The number of benzene rings is 1. The minimum absolute atomic E-state index is 0.0193. The molecule has 0 aliphatic heterocycles. The van der Waals surface area contributed by atoms with Crippen molar-refractivity contribution < 1.29 is 14.3 Å². The maximum atomic E-state index is 11.5. The smallest absolute Gasteiger partial charge is 0.309 e. The topological polar surface area (TPSA) is 35.5 Å². The van der Waals surface area contributed by atoms with Gasteiger partial charge in [-0.1, -0.05) is 6.07 Å². The largest absolute Gasteiger partial charge is 0.497 e. The van der Waals surface area contributed by atoms with Crippen LogP contribution in [0.3, 0.4) is 0 Å². The molecule has 1 aliphatic carbocycles. The highest BCUT2D eigenvalue weighted by atomic mass is 16.5. The molecule has 0 spiro atoms. The second-order valence-electron chi connectivity index (χ2n) is 4.10. The summed E-state index contributed by atoms with van der Waals surface area (Å²) in [5.41, 5.74) is 2.53. The average molecular weight is 220 g/mol. The zero-order valence-corrected chi connectivity index (χ0v) is 9.66. The molecule has 0 amide bonds. The SMILES string of the molecule is COC(=O)[C@@H]1CCc2cc(OC)ccc2C1. The molecule has 86 valence electrons. The van der Waals surface area contributed by atoms with Crippen LogP contribution >= 0.6 is 0 Å². The molecule has 1 aliphatic rings. The van der Waals surface area contributed by atoms with Gasteiger partial charge in [-0.15, -0.1) is 0 Å².